The number of carbonyl (C=O) groups excluding carboxylic acids is 2. The Balaban J connectivity index is 0.00000289. The summed E-state index contributed by atoms with van der Waals surface area (Å²) in [7, 11) is 1.31. The number of ether oxygens (including phenoxy) is 2. The second-order valence-electron chi connectivity index (χ2n) is 3.55. The average Bonchev–Trinajstić information content (AvgIpc) is 2.28. The first-order valence-electron chi connectivity index (χ1n) is 5.13. The monoisotopic (exact) mass is 273 g/mol. The van der Waals surface area contributed by atoms with Crippen LogP contribution in [-0.4, -0.2) is 19.0 Å². The Labute approximate surface area is 112 Å². The second kappa shape index (κ2) is 7.68. The van der Waals surface area contributed by atoms with Crippen LogP contribution >= 0.6 is 12.4 Å². The predicted octanol–water partition coefficient (Wildman–Crippen LogP) is 1.60. The number of hydrogen-bond acceptors (Lipinski definition) is 5. The van der Waals surface area contributed by atoms with Crippen LogP contribution in [0.5, 0.6) is 5.75 Å². The number of rotatable bonds is 4. The number of methoxy groups -OCH3 is 1. The number of halogens is 1. The second-order valence-corrected chi connectivity index (χ2v) is 3.55. The molecule has 1 aromatic carbocycles. The summed E-state index contributed by atoms with van der Waals surface area (Å²) in [5.41, 5.74) is 6.55. The van der Waals surface area contributed by atoms with E-state index in [4.69, 9.17) is 10.5 Å². The van der Waals surface area contributed by atoms with Gasteiger partial charge in [0.1, 0.15) is 5.75 Å². The van der Waals surface area contributed by atoms with Crippen LogP contribution in [0.1, 0.15) is 24.9 Å². The minimum Gasteiger partial charge on any atom is -0.469 e. The fourth-order valence-corrected chi connectivity index (χ4v) is 1.36. The molecule has 5 nitrogen and oxygen atoms in total. The molecule has 0 aliphatic heterocycles. The van der Waals surface area contributed by atoms with Crippen molar-refractivity contribution in [3.8, 4) is 5.75 Å². The van der Waals surface area contributed by atoms with E-state index in [0.29, 0.717) is 11.3 Å². The van der Waals surface area contributed by atoms with E-state index >= 15 is 0 Å². The highest BCUT2D eigenvalue weighted by atomic mass is 35.5. The Bertz CT molecular complexity index is 422. The summed E-state index contributed by atoms with van der Waals surface area (Å²) < 4.78 is 9.46. The van der Waals surface area contributed by atoms with Gasteiger partial charge in [-0.2, -0.15) is 0 Å². The lowest BCUT2D eigenvalue weighted by molar-refractivity contribution is -0.141. The van der Waals surface area contributed by atoms with Gasteiger partial charge in [-0.05, 0) is 17.7 Å². The molecule has 0 saturated heterocycles. The van der Waals surface area contributed by atoms with E-state index in [9.17, 15) is 9.59 Å². The molecule has 6 heteroatoms. The van der Waals surface area contributed by atoms with Crippen molar-refractivity contribution < 1.29 is 19.1 Å². The predicted molar refractivity (Wildman–Crippen MR) is 68.6 cm³/mol. The molecule has 0 aliphatic carbocycles. The zero-order valence-corrected chi connectivity index (χ0v) is 11.0. The quantitative estimate of drug-likeness (QED) is 0.666. The van der Waals surface area contributed by atoms with E-state index in [-0.39, 0.29) is 24.8 Å². The van der Waals surface area contributed by atoms with Crippen LogP contribution in [0.4, 0.5) is 0 Å². The fourth-order valence-electron chi connectivity index (χ4n) is 1.36. The van der Waals surface area contributed by atoms with Gasteiger partial charge in [-0.25, -0.2) is 0 Å². The van der Waals surface area contributed by atoms with Crippen molar-refractivity contribution in [2.75, 3.05) is 7.11 Å². The summed E-state index contributed by atoms with van der Waals surface area (Å²) in [5.74, 6) is -0.366. The van der Waals surface area contributed by atoms with Gasteiger partial charge in [0.25, 0.3) is 0 Å². The van der Waals surface area contributed by atoms with Crippen LogP contribution in [0.2, 0.25) is 0 Å². The molecule has 0 aromatic heterocycles. The summed E-state index contributed by atoms with van der Waals surface area (Å²) in [4.78, 5) is 21.9. The van der Waals surface area contributed by atoms with E-state index < -0.39 is 12.0 Å². The van der Waals surface area contributed by atoms with Crippen molar-refractivity contribution in [2.24, 2.45) is 5.73 Å². The maximum Gasteiger partial charge on any atom is 0.308 e. The van der Waals surface area contributed by atoms with Gasteiger partial charge in [-0.15, -0.1) is 12.4 Å². The first-order chi connectivity index (χ1) is 8.02. The van der Waals surface area contributed by atoms with Gasteiger partial charge in [0.15, 0.2) is 0 Å². The molecule has 1 atom stereocenters. The van der Waals surface area contributed by atoms with E-state index in [0.717, 1.165) is 0 Å². The molecule has 1 rings (SSSR count). The van der Waals surface area contributed by atoms with E-state index in [1.807, 2.05) is 0 Å². The Kier molecular flexibility index (Phi) is 7.00. The summed E-state index contributed by atoms with van der Waals surface area (Å²) in [5, 5.41) is 0. The molecule has 0 unspecified atom stereocenters. The van der Waals surface area contributed by atoms with Gasteiger partial charge in [0, 0.05) is 13.0 Å². The van der Waals surface area contributed by atoms with Gasteiger partial charge in [0.05, 0.1) is 13.5 Å². The number of nitrogens with two attached hydrogens (primary N) is 1. The molecule has 100 valence electrons. The lowest BCUT2D eigenvalue weighted by atomic mass is 10.0. The molecule has 0 fully saturated rings. The van der Waals surface area contributed by atoms with Crippen molar-refractivity contribution in [1.82, 2.24) is 0 Å². The molecule has 0 heterocycles. The standard InChI is InChI=1S/C12H15NO4.ClH/c1-8(14)17-10-5-3-4-9(6-10)11(13)7-12(15)16-2;/h3-6,11H,7,13H2,1-2H3;1H/t11-;/m0./s1. The summed E-state index contributed by atoms with van der Waals surface area (Å²) in [6.07, 6.45) is 0.0834. The van der Waals surface area contributed by atoms with Crippen LogP contribution in [0.3, 0.4) is 0 Å². The SMILES string of the molecule is COC(=O)C[C@H](N)c1cccc(OC(C)=O)c1.Cl. The molecule has 0 radical (unpaired) electrons. The zero-order chi connectivity index (χ0) is 12.8. The number of carbonyl (C=O) groups is 2. The molecule has 0 spiro atoms. The molecular formula is C12H16ClNO4. The van der Waals surface area contributed by atoms with Crippen molar-refractivity contribution in [1.29, 1.82) is 0 Å². The van der Waals surface area contributed by atoms with Crippen LogP contribution in [0.25, 0.3) is 0 Å². The maximum absolute atomic E-state index is 11.1. The third-order valence-electron chi connectivity index (χ3n) is 2.16. The zero-order valence-electron chi connectivity index (χ0n) is 10.2. The first-order valence-corrected chi connectivity index (χ1v) is 5.13. The third kappa shape index (κ3) is 5.16. The lowest BCUT2D eigenvalue weighted by Crippen LogP contribution is -2.16. The molecule has 2 N–H and O–H groups in total. The highest BCUT2D eigenvalue weighted by Gasteiger charge is 2.12. The average molecular weight is 274 g/mol. The Morgan fingerprint density at radius 1 is 1.39 bits per heavy atom. The van der Waals surface area contributed by atoms with Gasteiger partial charge in [-0.3, -0.25) is 9.59 Å². The molecular weight excluding hydrogens is 258 g/mol. The van der Waals surface area contributed by atoms with Crippen LogP contribution in [0.15, 0.2) is 24.3 Å². The molecule has 0 saturated carbocycles. The van der Waals surface area contributed by atoms with Gasteiger partial charge in [0.2, 0.25) is 0 Å². The van der Waals surface area contributed by atoms with Crippen LogP contribution < -0.4 is 10.5 Å². The number of esters is 2. The van der Waals surface area contributed by atoms with Gasteiger partial charge in [-0.1, -0.05) is 12.1 Å². The molecule has 1 aromatic rings. The van der Waals surface area contributed by atoms with E-state index in [2.05, 4.69) is 4.74 Å². The molecule has 0 aliphatic rings. The fraction of sp³-hybridized carbons (Fsp3) is 0.333. The smallest absolute Gasteiger partial charge is 0.308 e. The van der Waals surface area contributed by atoms with Crippen molar-refractivity contribution in [2.45, 2.75) is 19.4 Å². The summed E-state index contributed by atoms with van der Waals surface area (Å²) >= 11 is 0. The summed E-state index contributed by atoms with van der Waals surface area (Å²) in [6.45, 7) is 1.32. The highest BCUT2D eigenvalue weighted by molar-refractivity contribution is 5.85. The molecule has 0 bridgehead atoms. The van der Waals surface area contributed by atoms with Crippen molar-refractivity contribution in [3.05, 3.63) is 29.8 Å². The van der Waals surface area contributed by atoms with Gasteiger partial charge >= 0.3 is 11.9 Å². The first kappa shape index (κ1) is 16.4. The lowest BCUT2D eigenvalue weighted by Gasteiger charge is -2.11. The molecule has 18 heavy (non-hydrogen) atoms. The normalized spacial score (nSPS) is 11.1. The molecule has 0 amide bonds. The number of benzene rings is 1. The Morgan fingerprint density at radius 3 is 2.61 bits per heavy atom. The minimum atomic E-state index is -0.474. The minimum absolute atomic E-state index is 0. The van der Waals surface area contributed by atoms with Crippen molar-refractivity contribution >= 4 is 24.3 Å². The van der Waals surface area contributed by atoms with E-state index in [1.54, 1.807) is 24.3 Å². The highest BCUT2D eigenvalue weighted by Crippen LogP contribution is 2.20. The van der Waals surface area contributed by atoms with Crippen LogP contribution in [-0.2, 0) is 14.3 Å². The Hall–Kier alpha value is -1.59. The topological polar surface area (TPSA) is 78.6 Å². The number of hydrogen-bond donors (Lipinski definition) is 1. The summed E-state index contributed by atoms with van der Waals surface area (Å²) in [6, 6.07) is 6.29. The maximum atomic E-state index is 11.1. The van der Waals surface area contributed by atoms with Crippen molar-refractivity contribution in [3.63, 3.8) is 0 Å². The largest absolute Gasteiger partial charge is 0.469 e. The van der Waals surface area contributed by atoms with Crippen LogP contribution in [0, 0.1) is 0 Å². The third-order valence-corrected chi connectivity index (χ3v) is 2.16. The van der Waals surface area contributed by atoms with E-state index in [1.165, 1.54) is 14.0 Å². The Morgan fingerprint density at radius 2 is 2.06 bits per heavy atom. The van der Waals surface area contributed by atoms with Gasteiger partial charge < -0.3 is 15.2 Å².